The van der Waals surface area contributed by atoms with E-state index < -0.39 is 0 Å². The molecule has 0 bridgehead atoms. The predicted molar refractivity (Wildman–Crippen MR) is 146 cm³/mol. The molecule has 0 N–H and O–H groups in total. The van der Waals surface area contributed by atoms with E-state index in [1.165, 1.54) is 62.7 Å². The molecule has 2 heteroatoms. The van der Waals surface area contributed by atoms with Crippen LogP contribution >= 0.6 is 0 Å². The molecular weight excluding hydrogens is 426 g/mol. The summed E-state index contributed by atoms with van der Waals surface area (Å²) < 4.78 is 8.98. The largest absolute Gasteiger partial charge is 0.455 e. The van der Waals surface area contributed by atoms with Gasteiger partial charge in [-0.2, -0.15) is 0 Å². The Kier molecular flexibility index (Phi) is 4.77. The first-order chi connectivity index (χ1) is 16.7. The number of fused-ring (bicyclic) bond motifs is 5. The molecule has 2 heterocycles. The highest BCUT2D eigenvalue weighted by Crippen LogP contribution is 2.54. The summed E-state index contributed by atoms with van der Waals surface area (Å²) in [6.07, 6.45) is 4.54. The van der Waals surface area contributed by atoms with Crippen molar-refractivity contribution in [1.29, 1.82) is 0 Å². The van der Waals surface area contributed by atoms with Gasteiger partial charge >= 0.3 is 0 Å². The van der Waals surface area contributed by atoms with Crippen molar-refractivity contribution in [3.8, 4) is 22.4 Å². The van der Waals surface area contributed by atoms with E-state index in [4.69, 9.17) is 4.42 Å². The van der Waals surface area contributed by atoms with Crippen LogP contribution in [0.1, 0.15) is 57.2 Å². The molecule has 0 saturated heterocycles. The van der Waals surface area contributed by atoms with Gasteiger partial charge in [0, 0.05) is 22.9 Å². The Hall–Kier alpha value is -3.39. The molecular formula is C33H34NO+. The molecule has 1 aliphatic rings. The second-order valence-corrected chi connectivity index (χ2v) is 11.6. The number of rotatable bonds is 2. The van der Waals surface area contributed by atoms with E-state index in [0.29, 0.717) is 0 Å². The smallest absolute Gasteiger partial charge is 0.216 e. The second-order valence-electron chi connectivity index (χ2n) is 11.6. The molecule has 1 aliphatic carbocycles. The van der Waals surface area contributed by atoms with Crippen LogP contribution in [0.2, 0.25) is 0 Å². The summed E-state index contributed by atoms with van der Waals surface area (Å²) in [5.41, 5.74) is 11.4. The number of aromatic nitrogens is 1. The topological polar surface area (TPSA) is 17.0 Å². The summed E-state index contributed by atoms with van der Waals surface area (Å²) >= 11 is 0. The molecule has 0 fully saturated rings. The zero-order valence-electron chi connectivity index (χ0n) is 21.7. The van der Waals surface area contributed by atoms with Crippen LogP contribution in [0.4, 0.5) is 0 Å². The Labute approximate surface area is 208 Å². The average Bonchev–Trinajstić information content (AvgIpc) is 3.21. The average molecular weight is 461 g/mol. The first-order valence-corrected chi connectivity index (χ1v) is 12.7. The van der Waals surface area contributed by atoms with Crippen LogP contribution in [-0.4, -0.2) is 0 Å². The third-order valence-electron chi connectivity index (χ3n) is 8.31. The maximum Gasteiger partial charge on any atom is 0.216 e. The number of pyridine rings is 1. The lowest BCUT2D eigenvalue weighted by Crippen LogP contribution is -2.36. The molecule has 2 nitrogen and oxygen atoms in total. The zero-order chi connectivity index (χ0) is 24.5. The van der Waals surface area contributed by atoms with Crippen LogP contribution in [-0.2, 0) is 17.9 Å². The van der Waals surface area contributed by atoms with Crippen molar-refractivity contribution < 1.29 is 8.98 Å². The number of hydrogen-bond acceptors (Lipinski definition) is 1. The molecule has 0 unspecified atom stereocenters. The van der Waals surface area contributed by atoms with E-state index in [1.54, 1.807) is 0 Å². The van der Waals surface area contributed by atoms with Crippen molar-refractivity contribution in [2.45, 2.75) is 58.3 Å². The number of para-hydroxylation sites is 1. The summed E-state index contributed by atoms with van der Waals surface area (Å²) in [5, 5.41) is 2.53. The monoisotopic (exact) mass is 460 g/mol. The first-order valence-electron chi connectivity index (χ1n) is 12.7. The molecule has 6 rings (SSSR count). The van der Waals surface area contributed by atoms with Gasteiger partial charge < -0.3 is 4.42 Å². The Morgan fingerprint density at radius 1 is 0.771 bits per heavy atom. The highest BCUT2D eigenvalue weighted by atomic mass is 16.3. The number of benzene rings is 3. The van der Waals surface area contributed by atoms with Gasteiger partial charge in [0.2, 0.25) is 5.69 Å². The predicted octanol–water partition coefficient (Wildman–Crippen LogP) is 8.40. The molecule has 0 spiro atoms. The molecule has 2 aromatic heterocycles. The Bertz CT molecular complexity index is 1600. The zero-order valence-corrected chi connectivity index (χ0v) is 21.7. The van der Waals surface area contributed by atoms with Gasteiger partial charge in [0.05, 0.1) is 5.56 Å². The minimum Gasteiger partial charge on any atom is -0.455 e. The van der Waals surface area contributed by atoms with Crippen molar-refractivity contribution in [2.24, 2.45) is 7.05 Å². The van der Waals surface area contributed by atoms with Gasteiger partial charge in [-0.3, -0.25) is 0 Å². The van der Waals surface area contributed by atoms with Crippen LogP contribution < -0.4 is 4.57 Å². The number of aryl methyl sites for hydroxylation is 1. The van der Waals surface area contributed by atoms with Crippen molar-refractivity contribution in [3.63, 3.8) is 0 Å². The minimum atomic E-state index is 0.0904. The van der Waals surface area contributed by atoms with Crippen LogP contribution in [0.15, 0.2) is 77.3 Å². The summed E-state index contributed by atoms with van der Waals surface area (Å²) in [5.74, 6) is 0. The fourth-order valence-corrected chi connectivity index (χ4v) is 6.41. The molecule has 35 heavy (non-hydrogen) atoms. The SMILES string of the molecule is Cc1c2c(c3c(oc4ccccc43)c1-c1cc(-c3ccccc3)cc[n+]1C)C(C)(C)CCC2(C)C. The molecule has 0 saturated carbocycles. The number of hydrogen-bond donors (Lipinski definition) is 0. The lowest BCUT2D eigenvalue weighted by Gasteiger charge is -2.43. The van der Waals surface area contributed by atoms with Gasteiger partial charge in [-0.15, -0.1) is 0 Å². The molecule has 0 amide bonds. The van der Waals surface area contributed by atoms with Gasteiger partial charge in [0.25, 0.3) is 0 Å². The van der Waals surface area contributed by atoms with Crippen LogP contribution in [0.5, 0.6) is 0 Å². The van der Waals surface area contributed by atoms with Crippen molar-refractivity contribution in [2.75, 3.05) is 0 Å². The third-order valence-corrected chi connectivity index (χ3v) is 8.31. The quantitative estimate of drug-likeness (QED) is 0.242. The molecule has 3 aromatic carbocycles. The van der Waals surface area contributed by atoms with Crippen LogP contribution in [0, 0.1) is 6.92 Å². The van der Waals surface area contributed by atoms with E-state index in [1.807, 2.05) is 0 Å². The number of furan rings is 1. The van der Waals surface area contributed by atoms with Crippen molar-refractivity contribution in [3.05, 3.63) is 89.6 Å². The van der Waals surface area contributed by atoms with Gasteiger partial charge in [0.1, 0.15) is 18.2 Å². The highest BCUT2D eigenvalue weighted by Gasteiger charge is 2.42. The van der Waals surface area contributed by atoms with Crippen LogP contribution in [0.3, 0.4) is 0 Å². The fraction of sp³-hybridized carbons (Fsp3) is 0.303. The van der Waals surface area contributed by atoms with E-state index >= 15 is 0 Å². The molecule has 0 radical (unpaired) electrons. The summed E-state index contributed by atoms with van der Waals surface area (Å²) in [4.78, 5) is 0. The molecule has 176 valence electrons. The van der Waals surface area contributed by atoms with Gasteiger partial charge in [0.15, 0.2) is 6.20 Å². The van der Waals surface area contributed by atoms with E-state index in [9.17, 15) is 0 Å². The molecule has 0 aliphatic heterocycles. The molecule has 0 atom stereocenters. The Morgan fingerprint density at radius 2 is 1.43 bits per heavy atom. The van der Waals surface area contributed by atoms with E-state index in [-0.39, 0.29) is 10.8 Å². The second kappa shape index (κ2) is 7.55. The summed E-state index contributed by atoms with van der Waals surface area (Å²) in [6, 6.07) is 23.7. The number of nitrogens with zero attached hydrogens (tertiary/aromatic N) is 1. The van der Waals surface area contributed by atoms with Crippen LogP contribution in [0.25, 0.3) is 44.3 Å². The first kappa shape index (κ1) is 22.1. The standard InChI is InChI=1S/C33H34NO/c1-21-27(25-20-23(16-19-34(25)6)22-12-8-7-9-13-22)31-28(24-14-10-11-15-26(24)35-31)30-29(21)32(2,3)17-18-33(30,4)5/h7-16,19-20H,17-18H2,1-6H3/q+1. The van der Waals surface area contributed by atoms with E-state index in [0.717, 1.165) is 11.2 Å². The van der Waals surface area contributed by atoms with Gasteiger partial charge in [-0.25, -0.2) is 4.57 Å². The van der Waals surface area contributed by atoms with E-state index in [2.05, 4.69) is 119 Å². The Morgan fingerprint density at radius 3 is 2.17 bits per heavy atom. The summed E-state index contributed by atoms with van der Waals surface area (Å²) in [6.45, 7) is 12.0. The maximum atomic E-state index is 6.73. The van der Waals surface area contributed by atoms with Gasteiger partial charge in [-0.1, -0.05) is 76.2 Å². The van der Waals surface area contributed by atoms with Gasteiger partial charge in [-0.05, 0) is 64.5 Å². The third kappa shape index (κ3) is 3.26. The highest BCUT2D eigenvalue weighted by molar-refractivity contribution is 6.13. The minimum absolute atomic E-state index is 0.0904. The molecule has 5 aromatic rings. The maximum absolute atomic E-state index is 6.73. The lowest BCUT2D eigenvalue weighted by atomic mass is 9.60. The van der Waals surface area contributed by atoms with Crippen molar-refractivity contribution >= 4 is 21.9 Å². The Balaban J connectivity index is 1.79. The van der Waals surface area contributed by atoms with Crippen molar-refractivity contribution in [1.82, 2.24) is 0 Å². The fourth-order valence-electron chi connectivity index (χ4n) is 6.41. The normalized spacial score (nSPS) is 16.5. The summed E-state index contributed by atoms with van der Waals surface area (Å²) in [7, 11) is 2.15. The lowest BCUT2D eigenvalue weighted by molar-refractivity contribution is -0.660.